The highest BCUT2D eigenvalue weighted by Gasteiger charge is 2.36. The Morgan fingerprint density at radius 1 is 0.933 bits per heavy atom. The number of halogens is 7. The molecule has 2 N–H and O–H groups in total. The minimum atomic E-state index is -4.90. The standard InChI is InChI=1S/C29H28F7N5O3S/c1-17-25(39-10-8-38(9-11-39)13-19-5-6-24(44-19)29(34,35)36)26(42)41(15-23(37)18-7-12-45-16-18)27(43)40(17)14-20-21(28(31,32)33)3-2-4-22(20)30/h2-7,12,16,23H,8-11,13-15,37H2,1H3/t23-/m0/s1. The lowest BCUT2D eigenvalue weighted by atomic mass is 10.1. The Morgan fingerprint density at radius 3 is 2.24 bits per heavy atom. The lowest BCUT2D eigenvalue weighted by molar-refractivity contribution is -0.153. The van der Waals surface area contributed by atoms with Crippen molar-refractivity contribution in [3.63, 3.8) is 0 Å². The number of furan rings is 1. The number of benzene rings is 1. The molecule has 1 aromatic carbocycles. The van der Waals surface area contributed by atoms with Crippen LogP contribution in [0.3, 0.4) is 0 Å². The molecule has 1 aliphatic rings. The van der Waals surface area contributed by atoms with Gasteiger partial charge in [0.25, 0.3) is 5.56 Å². The second-order valence-corrected chi connectivity index (χ2v) is 11.5. The van der Waals surface area contributed by atoms with Gasteiger partial charge in [0.15, 0.2) is 0 Å². The van der Waals surface area contributed by atoms with Crippen molar-refractivity contribution in [1.29, 1.82) is 0 Å². The molecular formula is C29H28F7N5O3S. The molecule has 1 fully saturated rings. The molecular weight excluding hydrogens is 631 g/mol. The first-order valence-electron chi connectivity index (χ1n) is 13.7. The Bertz CT molecular complexity index is 1770. The number of nitrogens with two attached hydrogens (primary N) is 1. The summed E-state index contributed by atoms with van der Waals surface area (Å²) in [5, 5.41) is 3.51. The molecule has 16 heteroatoms. The van der Waals surface area contributed by atoms with Gasteiger partial charge in [0.2, 0.25) is 5.76 Å². The molecule has 3 aromatic heterocycles. The van der Waals surface area contributed by atoms with Gasteiger partial charge < -0.3 is 15.1 Å². The van der Waals surface area contributed by atoms with Crippen LogP contribution in [0.4, 0.5) is 36.4 Å². The lowest BCUT2D eigenvalue weighted by Crippen LogP contribution is -2.51. The van der Waals surface area contributed by atoms with E-state index in [9.17, 15) is 40.3 Å². The van der Waals surface area contributed by atoms with Crippen LogP contribution in [-0.4, -0.2) is 40.2 Å². The van der Waals surface area contributed by atoms with Crippen LogP contribution in [0, 0.1) is 12.7 Å². The van der Waals surface area contributed by atoms with Gasteiger partial charge in [-0.3, -0.25) is 18.8 Å². The first-order valence-corrected chi connectivity index (χ1v) is 14.7. The van der Waals surface area contributed by atoms with E-state index in [0.717, 1.165) is 33.4 Å². The van der Waals surface area contributed by atoms with Crippen molar-refractivity contribution in [2.45, 2.75) is 45.0 Å². The largest absolute Gasteiger partial charge is 0.455 e. The van der Waals surface area contributed by atoms with Crippen LogP contribution in [0.25, 0.3) is 0 Å². The summed E-state index contributed by atoms with van der Waals surface area (Å²) in [6, 6.07) is 5.53. The van der Waals surface area contributed by atoms with E-state index >= 15 is 0 Å². The van der Waals surface area contributed by atoms with E-state index in [2.05, 4.69) is 0 Å². The summed E-state index contributed by atoms with van der Waals surface area (Å²) in [5.41, 5.74) is 3.36. The van der Waals surface area contributed by atoms with E-state index in [1.54, 1.807) is 21.7 Å². The zero-order valence-electron chi connectivity index (χ0n) is 23.8. The Morgan fingerprint density at radius 2 is 1.64 bits per heavy atom. The fraction of sp³-hybridized carbons (Fsp3) is 0.379. The molecule has 0 aliphatic carbocycles. The van der Waals surface area contributed by atoms with Crippen LogP contribution >= 0.6 is 11.3 Å². The Hall–Kier alpha value is -3.89. The van der Waals surface area contributed by atoms with Crippen molar-refractivity contribution in [3.05, 3.63) is 108 Å². The summed E-state index contributed by atoms with van der Waals surface area (Å²) in [5.74, 6) is -2.17. The number of alkyl halides is 6. The van der Waals surface area contributed by atoms with Gasteiger partial charge in [0.05, 0.1) is 25.2 Å². The maximum Gasteiger partial charge on any atom is 0.449 e. The average molecular weight is 660 g/mol. The second kappa shape index (κ2) is 12.5. The van der Waals surface area contributed by atoms with Gasteiger partial charge in [-0.05, 0) is 53.6 Å². The van der Waals surface area contributed by atoms with Gasteiger partial charge in [0.1, 0.15) is 17.3 Å². The maximum absolute atomic E-state index is 14.9. The summed E-state index contributed by atoms with van der Waals surface area (Å²) in [6.07, 6.45) is -9.52. The van der Waals surface area contributed by atoms with Crippen molar-refractivity contribution in [2.75, 3.05) is 31.1 Å². The molecule has 0 saturated carbocycles. The first-order chi connectivity index (χ1) is 21.1. The fourth-order valence-electron chi connectivity index (χ4n) is 5.39. The van der Waals surface area contributed by atoms with Crippen LogP contribution in [-0.2, 0) is 32.0 Å². The van der Waals surface area contributed by atoms with Crippen LogP contribution in [0.5, 0.6) is 0 Å². The van der Waals surface area contributed by atoms with E-state index < -0.39 is 58.9 Å². The first kappa shape index (κ1) is 32.5. The van der Waals surface area contributed by atoms with Crippen molar-refractivity contribution in [2.24, 2.45) is 5.73 Å². The number of hydrogen-bond acceptors (Lipinski definition) is 7. The molecule has 0 amide bonds. The van der Waals surface area contributed by atoms with Gasteiger partial charge in [-0.25, -0.2) is 9.18 Å². The monoisotopic (exact) mass is 659 g/mol. The summed E-state index contributed by atoms with van der Waals surface area (Å²) >= 11 is 1.35. The van der Waals surface area contributed by atoms with Gasteiger partial charge in [-0.2, -0.15) is 37.7 Å². The number of aromatic nitrogens is 2. The number of nitrogens with zero attached hydrogens (tertiary/aromatic N) is 4. The predicted octanol–water partition coefficient (Wildman–Crippen LogP) is 5.22. The van der Waals surface area contributed by atoms with Crippen LogP contribution in [0.2, 0.25) is 0 Å². The van der Waals surface area contributed by atoms with Crippen molar-refractivity contribution in [3.8, 4) is 0 Å². The normalized spacial score (nSPS) is 15.5. The Kier molecular flexibility index (Phi) is 9.01. The highest BCUT2D eigenvalue weighted by Crippen LogP contribution is 2.34. The number of anilines is 1. The van der Waals surface area contributed by atoms with Gasteiger partial charge >= 0.3 is 18.0 Å². The summed E-state index contributed by atoms with van der Waals surface area (Å²) < 4.78 is 102. The predicted molar refractivity (Wildman–Crippen MR) is 153 cm³/mol. The van der Waals surface area contributed by atoms with Gasteiger partial charge in [-0.15, -0.1) is 0 Å². The number of piperazine rings is 1. The molecule has 242 valence electrons. The lowest BCUT2D eigenvalue weighted by Gasteiger charge is -2.36. The zero-order valence-corrected chi connectivity index (χ0v) is 24.6. The minimum absolute atomic E-state index is 0.0361. The highest BCUT2D eigenvalue weighted by atomic mass is 32.1. The maximum atomic E-state index is 14.9. The molecule has 0 spiro atoms. The van der Waals surface area contributed by atoms with Gasteiger partial charge in [-0.1, -0.05) is 6.07 Å². The zero-order chi connectivity index (χ0) is 32.7. The summed E-state index contributed by atoms with van der Waals surface area (Å²) in [7, 11) is 0. The molecule has 45 heavy (non-hydrogen) atoms. The SMILES string of the molecule is Cc1c(N2CCN(Cc3ccc(C(F)(F)F)o3)CC2)c(=O)n(C[C@H](N)c2ccsc2)c(=O)n1Cc1c(F)cccc1C(F)(F)F. The van der Waals surface area contributed by atoms with Gasteiger partial charge in [0, 0.05) is 43.5 Å². The fourth-order valence-corrected chi connectivity index (χ4v) is 6.12. The molecule has 0 unspecified atom stereocenters. The third kappa shape index (κ3) is 6.87. The van der Waals surface area contributed by atoms with E-state index in [1.165, 1.54) is 24.3 Å². The smallest absolute Gasteiger partial charge is 0.449 e. The minimum Gasteiger partial charge on any atom is -0.455 e. The average Bonchev–Trinajstić information content (AvgIpc) is 3.67. The summed E-state index contributed by atoms with van der Waals surface area (Å²) in [6.45, 7) is 1.38. The third-order valence-electron chi connectivity index (χ3n) is 7.76. The summed E-state index contributed by atoms with van der Waals surface area (Å²) in [4.78, 5) is 31.0. The molecule has 8 nitrogen and oxygen atoms in total. The molecule has 5 rings (SSSR count). The molecule has 1 atom stereocenters. The highest BCUT2D eigenvalue weighted by molar-refractivity contribution is 7.07. The van der Waals surface area contributed by atoms with E-state index in [-0.39, 0.29) is 43.3 Å². The molecule has 0 bridgehead atoms. The van der Waals surface area contributed by atoms with E-state index in [0.29, 0.717) is 18.7 Å². The number of hydrogen-bond donors (Lipinski definition) is 1. The van der Waals surface area contributed by atoms with Crippen molar-refractivity contribution < 1.29 is 35.2 Å². The third-order valence-corrected chi connectivity index (χ3v) is 8.46. The number of rotatable bonds is 8. The van der Waals surface area contributed by atoms with Crippen LogP contribution in [0.1, 0.15) is 39.9 Å². The molecule has 0 radical (unpaired) electrons. The quantitative estimate of drug-likeness (QED) is 0.261. The molecule has 1 aliphatic heterocycles. The van der Waals surface area contributed by atoms with Crippen molar-refractivity contribution >= 4 is 17.0 Å². The molecule has 4 heterocycles. The number of thiophene rings is 1. The second-order valence-electron chi connectivity index (χ2n) is 10.7. The van der Waals surface area contributed by atoms with Crippen molar-refractivity contribution in [1.82, 2.24) is 14.0 Å². The van der Waals surface area contributed by atoms with E-state index in [1.807, 2.05) is 4.90 Å². The molecule has 4 aromatic rings. The topological polar surface area (TPSA) is 89.6 Å². The Balaban J connectivity index is 1.50. The van der Waals surface area contributed by atoms with Crippen LogP contribution < -0.4 is 21.9 Å². The Labute approximate surface area is 255 Å². The van der Waals surface area contributed by atoms with E-state index in [4.69, 9.17) is 10.2 Å². The van der Waals surface area contributed by atoms with Crippen LogP contribution in [0.15, 0.2) is 61.2 Å². The molecule has 1 saturated heterocycles.